The summed E-state index contributed by atoms with van der Waals surface area (Å²) in [6.07, 6.45) is 12.7. The Labute approximate surface area is 232 Å². The number of nitrogens with two attached hydrogens (primary N) is 1. The molecule has 0 atom stereocenters. The van der Waals surface area contributed by atoms with Crippen LogP contribution in [0.3, 0.4) is 0 Å². The van der Waals surface area contributed by atoms with Gasteiger partial charge in [0.25, 0.3) is 0 Å². The van der Waals surface area contributed by atoms with E-state index in [1.807, 2.05) is 25.1 Å². The Morgan fingerprint density at radius 3 is 2.24 bits per heavy atom. The minimum Gasteiger partial charge on any atom is -0.365 e. The molecule has 37 heavy (non-hydrogen) atoms. The van der Waals surface area contributed by atoms with Gasteiger partial charge >= 0.3 is 6.03 Å². The largest absolute Gasteiger partial charge is 0.365 e. The van der Waals surface area contributed by atoms with Crippen molar-refractivity contribution in [3.8, 4) is 0 Å². The topological polar surface area (TPSA) is 126 Å². The van der Waals surface area contributed by atoms with E-state index in [-0.39, 0.29) is 42.9 Å². The van der Waals surface area contributed by atoms with Crippen LogP contribution in [0.2, 0.25) is 0 Å². The maximum atomic E-state index is 12.4. The monoisotopic (exact) mass is 555 g/mol. The molecule has 208 valence electrons. The molecular formula is C25H43Cl2N9O. The van der Waals surface area contributed by atoms with Crippen molar-refractivity contribution in [2.24, 2.45) is 5.73 Å². The highest BCUT2D eigenvalue weighted by molar-refractivity contribution is 5.86. The Hall–Kier alpha value is -2.04. The van der Waals surface area contributed by atoms with Crippen molar-refractivity contribution in [3.05, 3.63) is 6.33 Å². The number of urea groups is 1. The standard InChI is InChI=1S/C25H41N9O.2ClH/c1-16(2)28-25(35)33-13-11-19(12-14-33)29-22-21-23(34(15-27-21)20-5-3-4-6-20)32-24(31-22)30-18-9-7-17(26)8-10-18;;/h15-20H,3-14,26H2,1-2H3,(H,28,35)(H2,29,30,31,32);2*1H/t17-,18-;;. The van der Waals surface area contributed by atoms with Crippen molar-refractivity contribution in [1.29, 1.82) is 0 Å². The van der Waals surface area contributed by atoms with Crippen LogP contribution in [0.5, 0.6) is 0 Å². The molecule has 0 unspecified atom stereocenters. The molecule has 1 aliphatic heterocycles. The Morgan fingerprint density at radius 1 is 0.946 bits per heavy atom. The van der Waals surface area contributed by atoms with E-state index in [1.165, 1.54) is 25.7 Å². The van der Waals surface area contributed by atoms with Crippen molar-refractivity contribution >= 4 is 53.8 Å². The Kier molecular flexibility index (Phi) is 10.5. The van der Waals surface area contributed by atoms with Crippen LogP contribution < -0.4 is 21.7 Å². The van der Waals surface area contributed by atoms with Crippen LogP contribution in [0.1, 0.15) is 84.1 Å². The summed E-state index contributed by atoms with van der Waals surface area (Å²) in [7, 11) is 0. The number of likely N-dealkylation sites (tertiary alicyclic amines) is 1. The summed E-state index contributed by atoms with van der Waals surface area (Å²) in [6.45, 7) is 5.44. The maximum absolute atomic E-state index is 12.4. The zero-order chi connectivity index (χ0) is 24.4. The fourth-order valence-corrected chi connectivity index (χ4v) is 5.74. The van der Waals surface area contributed by atoms with E-state index in [4.69, 9.17) is 20.7 Å². The summed E-state index contributed by atoms with van der Waals surface area (Å²) in [5.74, 6) is 1.47. The molecule has 5 N–H and O–H groups in total. The van der Waals surface area contributed by atoms with Gasteiger partial charge in [0.1, 0.15) is 0 Å². The number of piperidine rings is 1. The molecule has 2 saturated carbocycles. The molecule has 2 amide bonds. The first-order valence-electron chi connectivity index (χ1n) is 13.5. The highest BCUT2D eigenvalue weighted by Gasteiger charge is 2.27. The van der Waals surface area contributed by atoms with E-state index in [0.717, 1.165) is 68.6 Å². The molecule has 12 heteroatoms. The lowest BCUT2D eigenvalue weighted by atomic mass is 9.92. The number of amides is 2. The predicted molar refractivity (Wildman–Crippen MR) is 153 cm³/mol. The third-order valence-corrected chi connectivity index (χ3v) is 7.78. The average Bonchev–Trinajstić information content (AvgIpc) is 3.51. The summed E-state index contributed by atoms with van der Waals surface area (Å²) >= 11 is 0. The molecule has 1 saturated heterocycles. The van der Waals surface area contributed by atoms with E-state index in [9.17, 15) is 4.79 Å². The zero-order valence-electron chi connectivity index (χ0n) is 22.0. The number of nitrogens with zero attached hydrogens (tertiary/aromatic N) is 5. The molecule has 5 rings (SSSR count). The number of rotatable bonds is 6. The quantitative estimate of drug-likeness (QED) is 0.414. The van der Waals surface area contributed by atoms with Crippen LogP contribution in [0.4, 0.5) is 16.6 Å². The van der Waals surface area contributed by atoms with E-state index < -0.39 is 0 Å². The SMILES string of the molecule is CC(C)NC(=O)N1CCC(Nc2nc(N[C@H]3CC[C@H](N)CC3)nc3c2ncn3C2CCCC2)CC1.Cl.Cl. The van der Waals surface area contributed by atoms with Crippen LogP contribution in [-0.2, 0) is 0 Å². The number of aromatic nitrogens is 4. The van der Waals surface area contributed by atoms with Crippen molar-refractivity contribution in [3.63, 3.8) is 0 Å². The molecule has 10 nitrogen and oxygen atoms in total. The smallest absolute Gasteiger partial charge is 0.317 e. The lowest BCUT2D eigenvalue weighted by molar-refractivity contribution is 0.181. The van der Waals surface area contributed by atoms with E-state index in [1.54, 1.807) is 0 Å². The van der Waals surface area contributed by atoms with Crippen molar-refractivity contribution in [2.75, 3.05) is 23.7 Å². The highest BCUT2D eigenvalue weighted by Crippen LogP contribution is 2.33. The van der Waals surface area contributed by atoms with Crippen LogP contribution in [0.15, 0.2) is 6.33 Å². The van der Waals surface area contributed by atoms with Gasteiger partial charge < -0.3 is 31.2 Å². The van der Waals surface area contributed by atoms with E-state index in [0.29, 0.717) is 24.1 Å². The Morgan fingerprint density at radius 2 is 1.59 bits per heavy atom. The molecule has 3 fully saturated rings. The molecule has 2 aromatic rings. The number of imidazole rings is 1. The summed E-state index contributed by atoms with van der Waals surface area (Å²) in [6, 6.07) is 1.54. The number of halogens is 2. The number of nitrogens with one attached hydrogen (secondary N) is 3. The van der Waals surface area contributed by atoms with Gasteiger partial charge in [-0.05, 0) is 65.2 Å². The van der Waals surface area contributed by atoms with Gasteiger partial charge in [0.2, 0.25) is 5.95 Å². The minimum atomic E-state index is 0. The molecule has 2 aromatic heterocycles. The van der Waals surface area contributed by atoms with Gasteiger partial charge in [-0.15, -0.1) is 24.8 Å². The van der Waals surface area contributed by atoms with Crippen molar-refractivity contribution in [1.82, 2.24) is 29.7 Å². The molecule has 0 radical (unpaired) electrons. The molecule has 0 aromatic carbocycles. The second kappa shape index (κ2) is 13.2. The van der Waals surface area contributed by atoms with E-state index in [2.05, 4.69) is 20.5 Å². The van der Waals surface area contributed by atoms with Gasteiger partial charge in [-0.1, -0.05) is 12.8 Å². The number of anilines is 2. The molecule has 2 aliphatic carbocycles. The van der Waals surface area contributed by atoms with Crippen molar-refractivity contribution < 1.29 is 4.79 Å². The first-order chi connectivity index (χ1) is 17.0. The molecule has 0 bridgehead atoms. The summed E-state index contributed by atoms with van der Waals surface area (Å²) in [4.78, 5) is 28.9. The fraction of sp³-hybridized carbons (Fsp3) is 0.760. The van der Waals surface area contributed by atoms with Gasteiger partial charge in [-0.25, -0.2) is 9.78 Å². The predicted octanol–water partition coefficient (Wildman–Crippen LogP) is 4.46. The number of carbonyl (C=O) groups excluding carboxylic acids is 1. The Balaban J connectivity index is 0.00000190. The van der Waals surface area contributed by atoms with Crippen LogP contribution in [-0.4, -0.2) is 67.7 Å². The third kappa shape index (κ3) is 7.09. The summed E-state index contributed by atoms with van der Waals surface area (Å²) in [5, 5.41) is 10.3. The summed E-state index contributed by atoms with van der Waals surface area (Å²) < 4.78 is 2.26. The van der Waals surface area contributed by atoms with Crippen LogP contribution >= 0.6 is 24.8 Å². The maximum Gasteiger partial charge on any atom is 0.317 e. The summed E-state index contributed by atoms with van der Waals surface area (Å²) in [5.41, 5.74) is 7.87. The van der Waals surface area contributed by atoms with Crippen LogP contribution in [0.25, 0.3) is 11.2 Å². The average molecular weight is 557 g/mol. The number of hydrogen-bond donors (Lipinski definition) is 4. The first-order valence-corrected chi connectivity index (χ1v) is 13.5. The zero-order valence-corrected chi connectivity index (χ0v) is 23.6. The Bertz CT molecular complexity index is 1010. The molecular weight excluding hydrogens is 513 g/mol. The minimum absolute atomic E-state index is 0. The number of carbonyl (C=O) groups is 1. The molecule has 3 aliphatic rings. The third-order valence-electron chi connectivity index (χ3n) is 7.78. The second-order valence-corrected chi connectivity index (χ2v) is 10.9. The van der Waals surface area contributed by atoms with Gasteiger partial charge in [-0.2, -0.15) is 9.97 Å². The number of fused-ring (bicyclic) bond motifs is 1. The van der Waals surface area contributed by atoms with Crippen molar-refractivity contribution in [2.45, 2.75) is 108 Å². The van der Waals surface area contributed by atoms with E-state index >= 15 is 0 Å². The lowest BCUT2D eigenvalue weighted by Gasteiger charge is -2.33. The fourth-order valence-electron chi connectivity index (χ4n) is 5.74. The van der Waals surface area contributed by atoms with Gasteiger partial charge in [0.05, 0.1) is 6.33 Å². The number of hydrogen-bond acceptors (Lipinski definition) is 7. The van der Waals surface area contributed by atoms with Crippen LogP contribution in [0, 0.1) is 0 Å². The van der Waals surface area contributed by atoms with Gasteiger partial charge in [-0.3, -0.25) is 0 Å². The first kappa shape index (κ1) is 29.5. The normalized spacial score (nSPS) is 23.0. The van der Waals surface area contributed by atoms with Gasteiger partial charge in [0, 0.05) is 43.3 Å². The second-order valence-electron chi connectivity index (χ2n) is 10.9. The molecule has 0 spiro atoms. The lowest BCUT2D eigenvalue weighted by Crippen LogP contribution is -2.48. The van der Waals surface area contributed by atoms with Gasteiger partial charge in [0.15, 0.2) is 17.0 Å². The highest BCUT2D eigenvalue weighted by atomic mass is 35.5. The molecule has 3 heterocycles.